The average molecular weight is 288 g/mol. The van der Waals surface area contributed by atoms with E-state index in [4.69, 9.17) is 0 Å². The molecule has 1 N–H and O–H groups in total. The van der Waals surface area contributed by atoms with Gasteiger partial charge in [0, 0.05) is 20.7 Å². The molecule has 0 aliphatic rings. The molecule has 0 aliphatic heterocycles. The molecule has 0 radical (unpaired) electrons. The lowest BCUT2D eigenvalue weighted by Gasteiger charge is -2.20. The molecule has 0 aromatic heterocycles. The zero-order valence-electron chi connectivity index (χ0n) is 9.46. The van der Waals surface area contributed by atoms with Gasteiger partial charge in [0.2, 0.25) is 0 Å². The number of thioether (sulfide) groups is 1. The lowest BCUT2D eigenvalue weighted by Crippen LogP contribution is -2.33. The van der Waals surface area contributed by atoms with E-state index in [0.29, 0.717) is 11.3 Å². The average Bonchev–Trinajstić information content (AvgIpc) is 2.22. The van der Waals surface area contributed by atoms with E-state index in [1.54, 1.807) is 0 Å². The highest BCUT2D eigenvalue weighted by molar-refractivity contribution is 9.10. The molecule has 0 fully saturated rings. The molecule has 1 nitrogen and oxygen atoms in total. The zero-order chi connectivity index (χ0) is 11.3. The van der Waals surface area contributed by atoms with Crippen LogP contribution >= 0.6 is 27.7 Å². The molecule has 3 heteroatoms. The van der Waals surface area contributed by atoms with Gasteiger partial charge in [-0.15, -0.1) is 11.8 Å². The molecule has 2 unspecified atom stereocenters. The minimum Gasteiger partial charge on any atom is -0.313 e. The molecule has 1 rings (SSSR count). The Hall–Kier alpha value is 0.01000. The lowest BCUT2D eigenvalue weighted by atomic mass is 10.2. The van der Waals surface area contributed by atoms with E-state index in [1.807, 2.05) is 11.8 Å². The van der Waals surface area contributed by atoms with Gasteiger partial charge in [0.1, 0.15) is 0 Å². The van der Waals surface area contributed by atoms with Gasteiger partial charge >= 0.3 is 0 Å². The third kappa shape index (κ3) is 4.58. The first kappa shape index (κ1) is 13.1. The molecule has 0 spiro atoms. The number of rotatable bonds is 5. The van der Waals surface area contributed by atoms with E-state index in [-0.39, 0.29) is 0 Å². The topological polar surface area (TPSA) is 12.0 Å². The van der Waals surface area contributed by atoms with Crippen LogP contribution in [0.3, 0.4) is 0 Å². The Bertz CT molecular complexity index is 286. The van der Waals surface area contributed by atoms with Crippen molar-refractivity contribution >= 4 is 27.7 Å². The molecule has 0 aliphatic carbocycles. The second kappa shape index (κ2) is 6.56. The van der Waals surface area contributed by atoms with Gasteiger partial charge in [-0.05, 0) is 37.7 Å². The molecular weight excluding hydrogens is 270 g/mol. The number of hydrogen-bond acceptors (Lipinski definition) is 2. The molecule has 0 amide bonds. The molecule has 1 aromatic carbocycles. The molecule has 1 aromatic rings. The summed E-state index contributed by atoms with van der Waals surface area (Å²) in [5, 5.41) is 4.04. The van der Waals surface area contributed by atoms with Crippen LogP contribution in [0, 0.1) is 0 Å². The maximum atomic E-state index is 3.45. The van der Waals surface area contributed by atoms with Gasteiger partial charge in [-0.3, -0.25) is 0 Å². The largest absolute Gasteiger partial charge is 0.313 e. The summed E-state index contributed by atoms with van der Waals surface area (Å²) in [7, 11) is 0. The van der Waals surface area contributed by atoms with Crippen LogP contribution in [0.1, 0.15) is 20.8 Å². The zero-order valence-corrected chi connectivity index (χ0v) is 11.9. The Morgan fingerprint density at radius 2 is 1.87 bits per heavy atom. The standard InChI is InChI=1S/C12H18BrNS/c1-4-14-9(2)10(3)15-12-7-5-11(13)6-8-12/h5-10,14H,4H2,1-3H3. The van der Waals surface area contributed by atoms with Crippen LogP contribution in [0.5, 0.6) is 0 Å². The van der Waals surface area contributed by atoms with Crippen LogP contribution in [-0.4, -0.2) is 17.8 Å². The van der Waals surface area contributed by atoms with E-state index >= 15 is 0 Å². The summed E-state index contributed by atoms with van der Waals surface area (Å²) in [6.07, 6.45) is 0. The monoisotopic (exact) mass is 287 g/mol. The summed E-state index contributed by atoms with van der Waals surface area (Å²) < 4.78 is 1.14. The highest BCUT2D eigenvalue weighted by atomic mass is 79.9. The molecule has 0 heterocycles. The number of nitrogens with one attached hydrogen (secondary N) is 1. The van der Waals surface area contributed by atoms with E-state index < -0.39 is 0 Å². The summed E-state index contributed by atoms with van der Waals surface area (Å²) in [6.45, 7) is 7.68. The van der Waals surface area contributed by atoms with Crippen molar-refractivity contribution in [2.24, 2.45) is 0 Å². The van der Waals surface area contributed by atoms with Gasteiger partial charge < -0.3 is 5.32 Å². The molecule has 0 saturated heterocycles. The maximum absolute atomic E-state index is 3.45. The predicted octanol–water partition coefficient (Wildman–Crippen LogP) is 3.93. The first-order valence-electron chi connectivity index (χ1n) is 5.29. The molecule has 2 atom stereocenters. The quantitative estimate of drug-likeness (QED) is 0.824. The predicted molar refractivity (Wildman–Crippen MR) is 72.6 cm³/mol. The van der Waals surface area contributed by atoms with Crippen molar-refractivity contribution in [1.82, 2.24) is 5.32 Å². The van der Waals surface area contributed by atoms with Crippen molar-refractivity contribution in [1.29, 1.82) is 0 Å². The van der Waals surface area contributed by atoms with Crippen molar-refractivity contribution in [2.75, 3.05) is 6.54 Å². The van der Waals surface area contributed by atoms with Gasteiger partial charge in [-0.1, -0.05) is 29.8 Å². The summed E-state index contributed by atoms with van der Waals surface area (Å²) in [4.78, 5) is 1.33. The number of hydrogen-bond donors (Lipinski definition) is 1. The molecule has 84 valence electrons. The third-order valence-corrected chi connectivity index (χ3v) is 4.22. The minimum absolute atomic E-state index is 0.545. The molecule has 0 bridgehead atoms. The van der Waals surface area contributed by atoms with Gasteiger partial charge in [-0.2, -0.15) is 0 Å². The van der Waals surface area contributed by atoms with Crippen LogP contribution in [0.15, 0.2) is 33.6 Å². The van der Waals surface area contributed by atoms with Crippen LogP contribution in [0.25, 0.3) is 0 Å². The second-order valence-electron chi connectivity index (χ2n) is 3.62. The van der Waals surface area contributed by atoms with E-state index in [0.717, 1.165) is 11.0 Å². The fourth-order valence-corrected chi connectivity index (χ4v) is 2.61. The Morgan fingerprint density at radius 3 is 2.40 bits per heavy atom. The number of benzene rings is 1. The first-order chi connectivity index (χ1) is 7.13. The fraction of sp³-hybridized carbons (Fsp3) is 0.500. The van der Waals surface area contributed by atoms with Gasteiger partial charge in [0.25, 0.3) is 0 Å². The SMILES string of the molecule is CCNC(C)C(C)Sc1ccc(Br)cc1. The normalized spacial score (nSPS) is 14.9. The van der Waals surface area contributed by atoms with Crippen molar-refractivity contribution < 1.29 is 0 Å². The lowest BCUT2D eigenvalue weighted by molar-refractivity contribution is 0.563. The van der Waals surface area contributed by atoms with E-state index in [1.165, 1.54) is 4.90 Å². The van der Waals surface area contributed by atoms with Crippen LogP contribution < -0.4 is 5.32 Å². The van der Waals surface area contributed by atoms with Crippen molar-refractivity contribution in [3.63, 3.8) is 0 Å². The molecule has 0 saturated carbocycles. The van der Waals surface area contributed by atoms with Crippen LogP contribution in [0.2, 0.25) is 0 Å². The highest BCUT2D eigenvalue weighted by Gasteiger charge is 2.11. The van der Waals surface area contributed by atoms with E-state index in [9.17, 15) is 0 Å². The summed E-state index contributed by atoms with van der Waals surface area (Å²) in [5.41, 5.74) is 0. The maximum Gasteiger partial charge on any atom is 0.0217 e. The van der Waals surface area contributed by atoms with Crippen molar-refractivity contribution in [3.05, 3.63) is 28.7 Å². The smallest absolute Gasteiger partial charge is 0.0217 e. The summed E-state index contributed by atoms with van der Waals surface area (Å²) >= 11 is 5.36. The number of halogens is 1. The summed E-state index contributed by atoms with van der Waals surface area (Å²) in [6, 6.07) is 9.04. The Labute approximate surface area is 105 Å². The Morgan fingerprint density at radius 1 is 1.27 bits per heavy atom. The third-order valence-electron chi connectivity index (χ3n) is 2.37. The molecule has 15 heavy (non-hydrogen) atoms. The van der Waals surface area contributed by atoms with Gasteiger partial charge in [0.05, 0.1) is 0 Å². The second-order valence-corrected chi connectivity index (χ2v) is 5.99. The van der Waals surface area contributed by atoms with Gasteiger partial charge in [-0.25, -0.2) is 0 Å². The Balaban J connectivity index is 2.50. The van der Waals surface area contributed by atoms with Crippen LogP contribution in [0.4, 0.5) is 0 Å². The van der Waals surface area contributed by atoms with Crippen LogP contribution in [-0.2, 0) is 0 Å². The minimum atomic E-state index is 0.545. The van der Waals surface area contributed by atoms with Gasteiger partial charge in [0.15, 0.2) is 0 Å². The highest BCUT2D eigenvalue weighted by Crippen LogP contribution is 2.26. The first-order valence-corrected chi connectivity index (χ1v) is 6.96. The fourth-order valence-electron chi connectivity index (χ4n) is 1.32. The molecular formula is C12H18BrNS. The summed E-state index contributed by atoms with van der Waals surface area (Å²) in [5.74, 6) is 0. The van der Waals surface area contributed by atoms with Crippen molar-refractivity contribution in [3.8, 4) is 0 Å². The Kier molecular flexibility index (Phi) is 5.72. The van der Waals surface area contributed by atoms with E-state index in [2.05, 4.69) is 66.3 Å². The van der Waals surface area contributed by atoms with Crippen molar-refractivity contribution in [2.45, 2.75) is 37.0 Å².